The van der Waals surface area contributed by atoms with Crippen LogP contribution in [0.5, 0.6) is 0 Å². The third-order valence-electron chi connectivity index (χ3n) is 10.6. The third-order valence-corrected chi connectivity index (χ3v) is 10.6. The van der Waals surface area contributed by atoms with Gasteiger partial charge in [0.25, 0.3) is 0 Å². The summed E-state index contributed by atoms with van der Waals surface area (Å²) in [5.41, 5.74) is 1.50. The zero-order chi connectivity index (χ0) is 32.6. The fourth-order valence-corrected chi connectivity index (χ4v) is 7.59. The van der Waals surface area contributed by atoms with E-state index < -0.39 is 0 Å². The van der Waals surface area contributed by atoms with Crippen molar-refractivity contribution in [2.45, 2.75) is 219 Å². The summed E-state index contributed by atoms with van der Waals surface area (Å²) in [4.78, 5) is 4.49. The molecule has 0 saturated carbocycles. The summed E-state index contributed by atoms with van der Waals surface area (Å²) >= 11 is 0. The maximum absolute atomic E-state index is 4.49. The van der Waals surface area contributed by atoms with Gasteiger partial charge in [0, 0.05) is 18.4 Å². The number of imidazole rings is 1. The lowest BCUT2D eigenvalue weighted by Crippen LogP contribution is -2.21. The topological polar surface area (TPSA) is 17.8 Å². The van der Waals surface area contributed by atoms with E-state index in [0.717, 1.165) is 0 Å². The molecule has 0 aliphatic rings. The first-order chi connectivity index (χ1) is 22.8. The van der Waals surface area contributed by atoms with Crippen molar-refractivity contribution in [3.63, 3.8) is 0 Å². The van der Waals surface area contributed by atoms with Crippen LogP contribution in [0.3, 0.4) is 0 Å². The van der Waals surface area contributed by atoms with Gasteiger partial charge in [0.05, 0.1) is 6.33 Å². The summed E-state index contributed by atoms with van der Waals surface area (Å²) in [5, 5.41) is 0. The predicted molar refractivity (Wildman–Crippen MR) is 205 cm³/mol. The van der Waals surface area contributed by atoms with Gasteiger partial charge in [-0.25, -0.2) is 4.98 Å². The van der Waals surface area contributed by atoms with Crippen molar-refractivity contribution >= 4 is 0 Å². The SMILES string of the molecule is CCCCCCCCCCCCCCCCCC(C(CCCCCCCCCCCCCCC)Cc1ccccc1)n1ccnc1. The molecule has 0 bridgehead atoms. The molecule has 2 aromatic rings. The summed E-state index contributed by atoms with van der Waals surface area (Å²) < 4.78 is 2.46. The lowest BCUT2D eigenvalue weighted by molar-refractivity contribution is 0.275. The van der Waals surface area contributed by atoms with Gasteiger partial charge < -0.3 is 4.57 Å². The molecule has 0 amide bonds. The zero-order valence-electron chi connectivity index (χ0n) is 31.1. The molecular weight excluding hydrogens is 556 g/mol. The standard InChI is InChI=1S/C44H78N2/c1-3-5-7-9-11-13-15-17-18-20-22-24-26-28-33-37-44(46-39-38-45-41-46)43(40-42-34-30-29-31-35-42)36-32-27-25-23-21-19-16-14-12-10-8-6-4-2/h29-31,34-35,38-39,41,43-44H,3-28,32-33,36-37,40H2,1-2H3. The lowest BCUT2D eigenvalue weighted by atomic mass is 9.84. The van der Waals surface area contributed by atoms with E-state index in [9.17, 15) is 0 Å². The molecule has 1 heterocycles. The van der Waals surface area contributed by atoms with Crippen LogP contribution < -0.4 is 0 Å². The van der Waals surface area contributed by atoms with E-state index in [1.54, 1.807) is 0 Å². The van der Waals surface area contributed by atoms with Crippen molar-refractivity contribution in [2.24, 2.45) is 5.92 Å². The minimum atomic E-state index is 0.571. The minimum Gasteiger partial charge on any atom is -0.334 e. The Morgan fingerprint density at radius 1 is 0.478 bits per heavy atom. The second-order valence-electron chi connectivity index (χ2n) is 14.8. The maximum atomic E-state index is 4.49. The van der Waals surface area contributed by atoms with E-state index in [1.807, 2.05) is 6.20 Å². The quantitative estimate of drug-likeness (QED) is 0.0700. The van der Waals surface area contributed by atoms with Gasteiger partial charge >= 0.3 is 0 Å². The van der Waals surface area contributed by atoms with Gasteiger partial charge in [-0.05, 0) is 30.7 Å². The average molecular weight is 635 g/mol. The van der Waals surface area contributed by atoms with Crippen molar-refractivity contribution < 1.29 is 0 Å². The van der Waals surface area contributed by atoms with Gasteiger partial charge in [-0.3, -0.25) is 0 Å². The van der Waals surface area contributed by atoms with E-state index in [-0.39, 0.29) is 0 Å². The summed E-state index contributed by atoms with van der Waals surface area (Å²) in [6, 6.07) is 11.9. The van der Waals surface area contributed by atoms with Crippen LogP contribution in [0.15, 0.2) is 49.1 Å². The van der Waals surface area contributed by atoms with Gasteiger partial charge in [-0.1, -0.05) is 224 Å². The molecule has 2 unspecified atom stereocenters. The molecule has 0 aliphatic heterocycles. The van der Waals surface area contributed by atoms with Crippen molar-refractivity contribution in [3.05, 3.63) is 54.6 Å². The van der Waals surface area contributed by atoms with Gasteiger partial charge in [0.2, 0.25) is 0 Å². The normalized spacial score (nSPS) is 12.9. The second kappa shape index (κ2) is 30.7. The number of nitrogens with zero attached hydrogens (tertiary/aromatic N) is 2. The molecule has 264 valence electrons. The first-order valence-corrected chi connectivity index (χ1v) is 20.9. The highest BCUT2D eigenvalue weighted by atomic mass is 15.1. The van der Waals surface area contributed by atoms with Gasteiger partial charge in [0.1, 0.15) is 0 Å². The second-order valence-corrected chi connectivity index (χ2v) is 14.8. The van der Waals surface area contributed by atoms with Crippen LogP contribution in [0, 0.1) is 5.92 Å². The third kappa shape index (κ3) is 22.1. The van der Waals surface area contributed by atoms with Crippen LogP contribution >= 0.6 is 0 Å². The number of rotatable bonds is 34. The van der Waals surface area contributed by atoms with Crippen LogP contribution in [0.25, 0.3) is 0 Å². The first kappa shape index (κ1) is 40.6. The Kier molecular flexibility index (Phi) is 27.1. The largest absolute Gasteiger partial charge is 0.334 e. The molecule has 1 aromatic heterocycles. The molecule has 2 atom stereocenters. The summed E-state index contributed by atoms with van der Waals surface area (Å²) in [5.74, 6) is 0.691. The molecule has 0 aliphatic carbocycles. The molecule has 2 nitrogen and oxygen atoms in total. The van der Waals surface area contributed by atoms with E-state index in [4.69, 9.17) is 0 Å². The molecule has 0 radical (unpaired) electrons. The van der Waals surface area contributed by atoms with Crippen molar-refractivity contribution in [3.8, 4) is 0 Å². The first-order valence-electron chi connectivity index (χ1n) is 20.9. The van der Waals surface area contributed by atoms with Gasteiger partial charge in [-0.2, -0.15) is 0 Å². The maximum Gasteiger partial charge on any atom is 0.0948 e. The van der Waals surface area contributed by atoms with E-state index in [0.29, 0.717) is 12.0 Å². The number of unbranched alkanes of at least 4 members (excludes halogenated alkanes) is 26. The Morgan fingerprint density at radius 3 is 1.26 bits per heavy atom. The number of aromatic nitrogens is 2. The fraction of sp³-hybridized carbons (Fsp3) is 0.795. The summed E-state index contributed by atoms with van der Waals surface area (Å²) in [7, 11) is 0. The van der Waals surface area contributed by atoms with Crippen molar-refractivity contribution in [1.29, 1.82) is 0 Å². The number of hydrogen-bond acceptors (Lipinski definition) is 1. The van der Waals surface area contributed by atoms with Crippen LogP contribution in [-0.4, -0.2) is 9.55 Å². The molecule has 2 heteroatoms. The van der Waals surface area contributed by atoms with E-state index >= 15 is 0 Å². The molecule has 0 spiro atoms. The monoisotopic (exact) mass is 635 g/mol. The molecule has 0 fully saturated rings. The highest BCUT2D eigenvalue weighted by molar-refractivity contribution is 5.15. The van der Waals surface area contributed by atoms with Crippen molar-refractivity contribution in [2.75, 3.05) is 0 Å². The van der Waals surface area contributed by atoms with Crippen LogP contribution in [0.2, 0.25) is 0 Å². The average Bonchev–Trinajstić information content (AvgIpc) is 3.62. The molecular formula is C44H78N2. The molecule has 1 aromatic carbocycles. The van der Waals surface area contributed by atoms with Gasteiger partial charge in [-0.15, -0.1) is 0 Å². The lowest BCUT2D eigenvalue weighted by Gasteiger charge is -2.29. The van der Waals surface area contributed by atoms with E-state index in [2.05, 4.69) is 66.3 Å². The van der Waals surface area contributed by atoms with Crippen LogP contribution in [-0.2, 0) is 6.42 Å². The molecule has 0 N–H and O–H groups in total. The fourth-order valence-electron chi connectivity index (χ4n) is 7.59. The van der Waals surface area contributed by atoms with Crippen molar-refractivity contribution in [1.82, 2.24) is 9.55 Å². The van der Waals surface area contributed by atoms with Gasteiger partial charge in [0.15, 0.2) is 0 Å². The molecule has 0 saturated heterocycles. The predicted octanol–water partition coefficient (Wildman–Crippen LogP) is 15.0. The Labute approximate surface area is 288 Å². The molecule has 46 heavy (non-hydrogen) atoms. The Morgan fingerprint density at radius 2 is 0.870 bits per heavy atom. The Hall–Kier alpha value is -1.57. The van der Waals surface area contributed by atoms with E-state index in [1.165, 1.54) is 205 Å². The molecule has 2 rings (SSSR count). The number of benzene rings is 1. The summed E-state index contributed by atoms with van der Waals surface area (Å²) in [6.45, 7) is 4.62. The smallest absolute Gasteiger partial charge is 0.0948 e. The highest BCUT2D eigenvalue weighted by Crippen LogP contribution is 2.32. The summed E-state index contributed by atoms with van der Waals surface area (Å²) in [6.07, 6.45) is 50.2. The minimum absolute atomic E-state index is 0.571. The van der Waals surface area contributed by atoms with Crippen LogP contribution in [0.4, 0.5) is 0 Å². The Balaban J connectivity index is 1.65. The zero-order valence-corrected chi connectivity index (χ0v) is 31.1. The number of hydrogen-bond donors (Lipinski definition) is 0. The van der Waals surface area contributed by atoms with Crippen LogP contribution in [0.1, 0.15) is 218 Å². The Bertz CT molecular complexity index is 844. The highest BCUT2D eigenvalue weighted by Gasteiger charge is 2.23.